The van der Waals surface area contributed by atoms with Gasteiger partial charge in [0, 0.05) is 5.69 Å². The normalized spacial score (nSPS) is 11.9. The van der Waals surface area contributed by atoms with E-state index in [4.69, 9.17) is 5.11 Å². The van der Waals surface area contributed by atoms with E-state index in [-0.39, 0.29) is 18.0 Å². The Balaban J connectivity index is 2.21. The van der Waals surface area contributed by atoms with Gasteiger partial charge >= 0.3 is 5.97 Å². The number of aliphatic carboxylic acids is 1. The zero-order chi connectivity index (χ0) is 16.1. The van der Waals surface area contributed by atoms with Gasteiger partial charge in [-0.05, 0) is 30.5 Å². The molecule has 0 spiro atoms. The van der Waals surface area contributed by atoms with Gasteiger partial charge in [-0.2, -0.15) is 5.10 Å². The van der Waals surface area contributed by atoms with E-state index in [1.165, 1.54) is 0 Å². The summed E-state index contributed by atoms with van der Waals surface area (Å²) in [5.74, 6) is -1.35. The van der Waals surface area contributed by atoms with Crippen molar-refractivity contribution < 1.29 is 14.7 Å². The number of carboxylic acids is 1. The number of hydrogen-bond acceptors (Lipinski definition) is 3. The van der Waals surface area contributed by atoms with Crippen LogP contribution in [0.5, 0.6) is 0 Å². The smallest absolute Gasteiger partial charge is 0.305 e. The monoisotopic (exact) mass is 301 g/mol. The molecule has 2 rings (SSSR count). The molecular formula is C16H19N3O3. The SMILES string of the molecule is CCc1cc(C(=O)NC(CC(=O)O)c2ccccc2C)n[nH]1. The van der Waals surface area contributed by atoms with Crippen LogP contribution in [0.4, 0.5) is 0 Å². The molecule has 0 bridgehead atoms. The van der Waals surface area contributed by atoms with Crippen LogP contribution in [-0.2, 0) is 11.2 Å². The summed E-state index contributed by atoms with van der Waals surface area (Å²) in [5, 5.41) is 18.6. The Kier molecular flexibility index (Phi) is 4.93. The van der Waals surface area contributed by atoms with Crippen molar-refractivity contribution >= 4 is 11.9 Å². The molecule has 3 N–H and O–H groups in total. The number of nitrogens with zero attached hydrogens (tertiary/aromatic N) is 1. The van der Waals surface area contributed by atoms with E-state index < -0.39 is 12.0 Å². The third-order valence-corrected chi connectivity index (χ3v) is 3.49. The lowest BCUT2D eigenvalue weighted by Gasteiger charge is -2.18. The number of carbonyl (C=O) groups excluding carboxylic acids is 1. The van der Waals surface area contributed by atoms with Crippen LogP contribution in [0.2, 0.25) is 0 Å². The molecule has 0 saturated carbocycles. The molecule has 2 aromatic rings. The van der Waals surface area contributed by atoms with Crippen molar-refractivity contribution in [1.29, 1.82) is 0 Å². The Bertz CT molecular complexity index is 679. The van der Waals surface area contributed by atoms with Crippen molar-refractivity contribution in [3.05, 3.63) is 52.8 Å². The van der Waals surface area contributed by atoms with Crippen LogP contribution in [0.3, 0.4) is 0 Å². The molecule has 1 unspecified atom stereocenters. The summed E-state index contributed by atoms with van der Waals surface area (Å²) in [6.45, 7) is 3.84. The fraction of sp³-hybridized carbons (Fsp3) is 0.312. The molecule has 0 aliphatic heterocycles. The first-order chi connectivity index (χ1) is 10.5. The van der Waals surface area contributed by atoms with Gasteiger partial charge in [0.15, 0.2) is 0 Å². The molecule has 116 valence electrons. The van der Waals surface area contributed by atoms with Gasteiger partial charge in [-0.1, -0.05) is 31.2 Å². The van der Waals surface area contributed by atoms with Gasteiger partial charge in [0.2, 0.25) is 0 Å². The second-order valence-corrected chi connectivity index (χ2v) is 5.11. The Hall–Kier alpha value is -2.63. The predicted octanol–water partition coefficient (Wildman–Crippen LogP) is 2.23. The number of carboxylic acid groups (broad SMARTS) is 1. The number of H-pyrrole nitrogens is 1. The summed E-state index contributed by atoms with van der Waals surface area (Å²) in [4.78, 5) is 23.4. The summed E-state index contributed by atoms with van der Waals surface area (Å²) in [6.07, 6.45) is 0.568. The Morgan fingerprint density at radius 3 is 2.68 bits per heavy atom. The molecular weight excluding hydrogens is 282 g/mol. The summed E-state index contributed by atoms with van der Waals surface area (Å²) in [6, 6.07) is 8.50. The maximum atomic E-state index is 12.3. The Morgan fingerprint density at radius 1 is 1.36 bits per heavy atom. The first-order valence-electron chi connectivity index (χ1n) is 7.13. The van der Waals surface area contributed by atoms with Crippen LogP contribution in [0, 0.1) is 6.92 Å². The van der Waals surface area contributed by atoms with Crippen molar-refractivity contribution in [3.8, 4) is 0 Å². The highest BCUT2D eigenvalue weighted by Gasteiger charge is 2.21. The van der Waals surface area contributed by atoms with Crippen LogP contribution in [0.1, 0.15) is 46.7 Å². The van der Waals surface area contributed by atoms with E-state index in [1.807, 2.05) is 38.1 Å². The van der Waals surface area contributed by atoms with E-state index in [0.717, 1.165) is 23.2 Å². The highest BCUT2D eigenvalue weighted by Crippen LogP contribution is 2.21. The zero-order valence-electron chi connectivity index (χ0n) is 12.6. The molecule has 1 aromatic heterocycles. The fourth-order valence-corrected chi connectivity index (χ4v) is 2.28. The van der Waals surface area contributed by atoms with Crippen LogP contribution < -0.4 is 5.32 Å². The minimum absolute atomic E-state index is 0.179. The number of nitrogens with one attached hydrogen (secondary N) is 2. The van der Waals surface area contributed by atoms with Crippen LogP contribution in [0.25, 0.3) is 0 Å². The number of hydrogen-bond donors (Lipinski definition) is 3. The topological polar surface area (TPSA) is 95.1 Å². The molecule has 1 heterocycles. The predicted molar refractivity (Wildman–Crippen MR) is 81.6 cm³/mol. The lowest BCUT2D eigenvalue weighted by atomic mass is 9.98. The van der Waals surface area contributed by atoms with Gasteiger partial charge in [-0.3, -0.25) is 14.7 Å². The first kappa shape index (κ1) is 15.8. The molecule has 1 aromatic carbocycles. The van der Waals surface area contributed by atoms with E-state index in [1.54, 1.807) is 6.07 Å². The van der Waals surface area contributed by atoms with Crippen molar-refractivity contribution in [2.75, 3.05) is 0 Å². The van der Waals surface area contributed by atoms with E-state index in [0.29, 0.717) is 0 Å². The summed E-state index contributed by atoms with van der Waals surface area (Å²) < 4.78 is 0. The van der Waals surface area contributed by atoms with Crippen LogP contribution in [-0.4, -0.2) is 27.2 Å². The quantitative estimate of drug-likeness (QED) is 0.762. The van der Waals surface area contributed by atoms with Crippen LogP contribution >= 0.6 is 0 Å². The van der Waals surface area contributed by atoms with Gasteiger partial charge in [0.25, 0.3) is 5.91 Å². The third kappa shape index (κ3) is 3.72. The lowest BCUT2D eigenvalue weighted by Crippen LogP contribution is -2.31. The molecule has 0 fully saturated rings. The minimum Gasteiger partial charge on any atom is -0.481 e. The Labute approximate surface area is 128 Å². The molecule has 0 saturated heterocycles. The van der Waals surface area contributed by atoms with Crippen molar-refractivity contribution in [2.24, 2.45) is 0 Å². The van der Waals surface area contributed by atoms with Crippen LogP contribution in [0.15, 0.2) is 30.3 Å². The minimum atomic E-state index is -0.968. The van der Waals surface area contributed by atoms with E-state index >= 15 is 0 Å². The van der Waals surface area contributed by atoms with Gasteiger partial charge < -0.3 is 10.4 Å². The Morgan fingerprint density at radius 2 is 2.09 bits per heavy atom. The highest BCUT2D eigenvalue weighted by molar-refractivity contribution is 5.92. The number of benzene rings is 1. The molecule has 0 aliphatic carbocycles. The van der Waals surface area contributed by atoms with Gasteiger partial charge in [-0.15, -0.1) is 0 Å². The number of aromatic amines is 1. The van der Waals surface area contributed by atoms with Crippen molar-refractivity contribution in [3.63, 3.8) is 0 Å². The molecule has 1 amide bonds. The summed E-state index contributed by atoms with van der Waals surface area (Å²) in [5.41, 5.74) is 2.85. The number of aryl methyl sites for hydroxylation is 2. The zero-order valence-corrected chi connectivity index (χ0v) is 12.6. The average Bonchev–Trinajstić information content (AvgIpc) is 2.95. The summed E-state index contributed by atoms with van der Waals surface area (Å²) >= 11 is 0. The molecule has 1 atom stereocenters. The van der Waals surface area contributed by atoms with Gasteiger partial charge in [0.05, 0.1) is 12.5 Å². The maximum Gasteiger partial charge on any atom is 0.305 e. The summed E-state index contributed by atoms with van der Waals surface area (Å²) in [7, 11) is 0. The maximum absolute atomic E-state index is 12.3. The third-order valence-electron chi connectivity index (χ3n) is 3.49. The molecule has 22 heavy (non-hydrogen) atoms. The van der Waals surface area contributed by atoms with Gasteiger partial charge in [0.1, 0.15) is 5.69 Å². The van der Waals surface area contributed by atoms with E-state index in [2.05, 4.69) is 15.5 Å². The average molecular weight is 301 g/mol. The molecule has 6 heteroatoms. The number of carbonyl (C=O) groups is 2. The molecule has 6 nitrogen and oxygen atoms in total. The van der Waals surface area contributed by atoms with E-state index in [9.17, 15) is 9.59 Å². The molecule has 0 aliphatic rings. The number of rotatable bonds is 6. The molecule has 0 radical (unpaired) electrons. The van der Waals surface area contributed by atoms with Crippen molar-refractivity contribution in [1.82, 2.24) is 15.5 Å². The highest BCUT2D eigenvalue weighted by atomic mass is 16.4. The second-order valence-electron chi connectivity index (χ2n) is 5.11. The number of aromatic nitrogens is 2. The van der Waals surface area contributed by atoms with Crippen molar-refractivity contribution in [2.45, 2.75) is 32.7 Å². The largest absolute Gasteiger partial charge is 0.481 e. The first-order valence-corrected chi connectivity index (χ1v) is 7.13. The standard InChI is InChI=1S/C16H19N3O3/c1-3-11-8-14(19-18-11)16(22)17-13(9-15(20)21)12-7-5-4-6-10(12)2/h4-8,13H,3,9H2,1-2H3,(H,17,22)(H,18,19)(H,20,21). The number of amides is 1. The lowest BCUT2D eigenvalue weighted by molar-refractivity contribution is -0.137. The fourth-order valence-electron chi connectivity index (χ4n) is 2.28. The second kappa shape index (κ2) is 6.89. The van der Waals surface area contributed by atoms with Gasteiger partial charge in [-0.25, -0.2) is 0 Å².